The molecule has 1 aromatic carbocycles. The fourth-order valence-corrected chi connectivity index (χ4v) is 2.57. The molecule has 1 amide bonds. The molecule has 2 N–H and O–H groups in total. The van der Waals surface area contributed by atoms with E-state index in [0.717, 1.165) is 5.56 Å². The van der Waals surface area contributed by atoms with Crippen molar-refractivity contribution in [2.75, 3.05) is 11.2 Å². The highest BCUT2D eigenvalue weighted by molar-refractivity contribution is 6.29. The first-order valence-corrected chi connectivity index (χ1v) is 7.72. The number of halogens is 2. The van der Waals surface area contributed by atoms with Gasteiger partial charge in [-0.25, -0.2) is 4.39 Å². The van der Waals surface area contributed by atoms with Crippen molar-refractivity contribution in [2.24, 2.45) is 7.05 Å². The van der Waals surface area contributed by atoms with Crippen LogP contribution in [-0.2, 0) is 11.8 Å². The third-order valence-electron chi connectivity index (χ3n) is 3.54. The fourth-order valence-electron chi connectivity index (χ4n) is 2.50. The van der Waals surface area contributed by atoms with Crippen LogP contribution in [0.1, 0.15) is 5.56 Å². The molecule has 0 aliphatic carbocycles. The number of rotatable bonds is 4. The Labute approximate surface area is 142 Å². The van der Waals surface area contributed by atoms with E-state index in [-0.39, 0.29) is 11.8 Å². The van der Waals surface area contributed by atoms with Crippen LogP contribution in [0.4, 0.5) is 10.1 Å². The highest BCUT2D eigenvalue weighted by atomic mass is 35.5. The lowest BCUT2D eigenvalue weighted by Crippen LogP contribution is -2.13. The van der Waals surface area contributed by atoms with Crippen molar-refractivity contribution >= 4 is 23.2 Å². The van der Waals surface area contributed by atoms with E-state index in [2.05, 4.69) is 20.6 Å². The zero-order valence-electron chi connectivity index (χ0n) is 13.1. The van der Waals surface area contributed by atoms with Crippen LogP contribution in [-0.4, -0.2) is 31.8 Å². The van der Waals surface area contributed by atoms with Crippen molar-refractivity contribution in [2.45, 2.75) is 6.92 Å². The molecule has 8 heteroatoms. The van der Waals surface area contributed by atoms with Gasteiger partial charge in [-0.2, -0.15) is 10.2 Å². The van der Waals surface area contributed by atoms with Crippen LogP contribution < -0.4 is 5.32 Å². The maximum Gasteiger partial charge on any atom is 0.239 e. The average Bonchev–Trinajstić information content (AvgIpc) is 3.15. The Balaban J connectivity index is 1.95. The number of benzene rings is 1. The minimum absolute atomic E-state index is 0.183. The summed E-state index contributed by atoms with van der Waals surface area (Å²) in [5.41, 5.74) is 3.51. The van der Waals surface area contributed by atoms with Crippen molar-refractivity contribution in [3.8, 4) is 22.5 Å². The van der Waals surface area contributed by atoms with Crippen LogP contribution in [0, 0.1) is 12.7 Å². The molecule has 0 aliphatic heterocycles. The molecular weight excluding hydrogens is 333 g/mol. The molecule has 3 rings (SSSR count). The Bertz CT molecular complexity index is 879. The highest BCUT2D eigenvalue weighted by Gasteiger charge is 2.15. The molecule has 0 unspecified atom stereocenters. The molecule has 0 aliphatic rings. The lowest BCUT2D eigenvalue weighted by Gasteiger charge is -2.09. The topological polar surface area (TPSA) is 75.6 Å². The van der Waals surface area contributed by atoms with Gasteiger partial charge in [-0.15, -0.1) is 11.6 Å². The van der Waals surface area contributed by atoms with E-state index in [1.165, 1.54) is 6.07 Å². The van der Waals surface area contributed by atoms with Gasteiger partial charge >= 0.3 is 0 Å². The minimum Gasteiger partial charge on any atom is -0.325 e. The van der Waals surface area contributed by atoms with Gasteiger partial charge in [0.15, 0.2) is 0 Å². The quantitative estimate of drug-likeness (QED) is 0.712. The molecule has 2 heterocycles. The molecule has 0 atom stereocenters. The summed E-state index contributed by atoms with van der Waals surface area (Å²) in [6.07, 6.45) is 3.52. The number of anilines is 1. The first-order valence-electron chi connectivity index (χ1n) is 7.18. The Hall–Kier alpha value is -2.67. The molecule has 0 spiro atoms. The maximum absolute atomic E-state index is 14.5. The van der Waals surface area contributed by atoms with Crippen LogP contribution in [0.2, 0.25) is 0 Å². The molecule has 0 fully saturated rings. The van der Waals surface area contributed by atoms with Crippen molar-refractivity contribution in [1.82, 2.24) is 20.0 Å². The number of aryl methyl sites for hydroxylation is 2. The Kier molecular flexibility index (Phi) is 4.35. The Morgan fingerprint density at radius 1 is 1.42 bits per heavy atom. The van der Waals surface area contributed by atoms with Crippen molar-refractivity contribution in [3.63, 3.8) is 0 Å². The van der Waals surface area contributed by atoms with Crippen molar-refractivity contribution in [3.05, 3.63) is 42.0 Å². The standard InChI is InChI=1S/C16H15ClFN5O/c1-9-3-11(20-15(24)6-17)4-12(18)16(9)14-5-13(21-22-14)10-7-19-23(2)8-10/h3-5,7-8H,6H2,1-2H3,(H,20,24)(H,21,22). The van der Waals surface area contributed by atoms with E-state index in [1.807, 2.05) is 13.2 Å². The second-order valence-electron chi connectivity index (χ2n) is 5.40. The largest absolute Gasteiger partial charge is 0.325 e. The van der Waals surface area contributed by atoms with Crippen LogP contribution in [0.5, 0.6) is 0 Å². The van der Waals surface area contributed by atoms with Gasteiger partial charge in [0.25, 0.3) is 0 Å². The van der Waals surface area contributed by atoms with Crippen molar-refractivity contribution < 1.29 is 9.18 Å². The number of hydrogen-bond donors (Lipinski definition) is 2. The van der Waals surface area contributed by atoms with Crippen LogP contribution in [0.15, 0.2) is 30.6 Å². The first kappa shape index (κ1) is 16.2. The summed E-state index contributed by atoms with van der Waals surface area (Å²) >= 11 is 5.45. The normalized spacial score (nSPS) is 10.8. The molecule has 3 aromatic rings. The van der Waals surface area contributed by atoms with E-state index in [0.29, 0.717) is 28.2 Å². The summed E-state index contributed by atoms with van der Waals surface area (Å²) in [6, 6.07) is 4.71. The van der Waals surface area contributed by atoms with Crippen LogP contribution in [0.3, 0.4) is 0 Å². The Morgan fingerprint density at radius 3 is 2.83 bits per heavy atom. The number of nitrogens with zero attached hydrogens (tertiary/aromatic N) is 3. The predicted octanol–water partition coefficient (Wildman–Crippen LogP) is 3.10. The summed E-state index contributed by atoms with van der Waals surface area (Å²) in [5.74, 6) is -1.03. The molecule has 6 nitrogen and oxygen atoms in total. The summed E-state index contributed by atoms with van der Waals surface area (Å²) in [5, 5.41) is 13.7. The van der Waals surface area contributed by atoms with Crippen molar-refractivity contribution in [1.29, 1.82) is 0 Å². The average molecular weight is 348 g/mol. The van der Waals surface area contributed by atoms with Gasteiger partial charge in [0.05, 0.1) is 17.6 Å². The number of hydrogen-bond acceptors (Lipinski definition) is 3. The number of alkyl halides is 1. The predicted molar refractivity (Wildman–Crippen MR) is 90.3 cm³/mol. The van der Waals surface area contributed by atoms with Gasteiger partial charge in [-0.1, -0.05) is 0 Å². The van der Waals surface area contributed by atoms with E-state index in [9.17, 15) is 9.18 Å². The number of aromatic amines is 1. The SMILES string of the molecule is Cc1cc(NC(=O)CCl)cc(F)c1-c1cc(-c2cnn(C)c2)n[nH]1. The molecule has 0 radical (unpaired) electrons. The molecule has 0 saturated heterocycles. The van der Waals surface area contributed by atoms with E-state index < -0.39 is 5.82 Å². The monoisotopic (exact) mass is 347 g/mol. The number of carbonyl (C=O) groups excluding carboxylic acids is 1. The van der Waals surface area contributed by atoms with Gasteiger partial charge < -0.3 is 5.32 Å². The molecule has 0 bridgehead atoms. The number of aromatic nitrogens is 4. The van der Waals surface area contributed by atoms with E-state index in [4.69, 9.17) is 11.6 Å². The minimum atomic E-state index is -0.457. The lowest BCUT2D eigenvalue weighted by molar-refractivity contribution is -0.113. The summed E-state index contributed by atoms with van der Waals surface area (Å²) < 4.78 is 16.2. The molecule has 24 heavy (non-hydrogen) atoms. The van der Waals surface area contributed by atoms with Gasteiger partial charge in [0.2, 0.25) is 5.91 Å². The fraction of sp³-hybridized carbons (Fsp3) is 0.188. The molecule has 124 valence electrons. The molecule has 0 saturated carbocycles. The van der Waals surface area contributed by atoms with Crippen LogP contribution >= 0.6 is 11.6 Å². The number of nitrogens with one attached hydrogen (secondary N) is 2. The molecule has 2 aromatic heterocycles. The summed E-state index contributed by atoms with van der Waals surface area (Å²) in [6.45, 7) is 1.76. The third-order valence-corrected chi connectivity index (χ3v) is 3.78. The van der Waals surface area contributed by atoms with Gasteiger partial charge in [0.1, 0.15) is 11.7 Å². The van der Waals surface area contributed by atoms with Crippen LogP contribution in [0.25, 0.3) is 22.5 Å². The third kappa shape index (κ3) is 3.16. The summed E-state index contributed by atoms with van der Waals surface area (Å²) in [4.78, 5) is 11.3. The van der Waals surface area contributed by atoms with E-state index >= 15 is 0 Å². The maximum atomic E-state index is 14.5. The zero-order valence-corrected chi connectivity index (χ0v) is 13.9. The van der Waals surface area contributed by atoms with Gasteiger partial charge in [-0.05, 0) is 30.7 Å². The first-order chi connectivity index (χ1) is 11.5. The highest BCUT2D eigenvalue weighted by Crippen LogP contribution is 2.30. The zero-order chi connectivity index (χ0) is 17.3. The molecular formula is C16H15ClFN5O. The Morgan fingerprint density at radius 2 is 2.21 bits per heavy atom. The van der Waals surface area contributed by atoms with E-state index in [1.54, 1.807) is 29.9 Å². The van der Waals surface area contributed by atoms with Gasteiger partial charge in [0, 0.05) is 30.1 Å². The second-order valence-corrected chi connectivity index (χ2v) is 5.67. The second kappa shape index (κ2) is 6.45. The number of H-pyrrole nitrogens is 1. The summed E-state index contributed by atoms with van der Waals surface area (Å²) in [7, 11) is 1.81. The number of carbonyl (C=O) groups is 1. The lowest BCUT2D eigenvalue weighted by atomic mass is 10.0. The smallest absolute Gasteiger partial charge is 0.239 e. The number of amides is 1. The van der Waals surface area contributed by atoms with Gasteiger partial charge in [-0.3, -0.25) is 14.6 Å².